The van der Waals surface area contributed by atoms with Crippen LogP contribution in [0.25, 0.3) is 0 Å². The zero-order chi connectivity index (χ0) is 12.9. The van der Waals surface area contributed by atoms with E-state index in [1.165, 1.54) is 0 Å². The molecule has 0 amide bonds. The van der Waals surface area contributed by atoms with Gasteiger partial charge in [-0.3, -0.25) is 0 Å². The van der Waals surface area contributed by atoms with E-state index in [0.29, 0.717) is 25.0 Å². The third-order valence-electron chi connectivity index (χ3n) is 1.70. The molecule has 103 valence electrons. The standard InChI is InChI=1S/C10H19BrCl2O3P/c1-10(4-2-3-5-11)16-17(14-8-6-12)15-9-7-13/h3,10H,2,4-9H2,1H3. The van der Waals surface area contributed by atoms with Crippen LogP contribution in [0.15, 0.2) is 0 Å². The van der Waals surface area contributed by atoms with Gasteiger partial charge in [-0.1, -0.05) is 15.9 Å². The van der Waals surface area contributed by atoms with Crippen molar-refractivity contribution >= 4 is 47.7 Å². The van der Waals surface area contributed by atoms with E-state index >= 15 is 0 Å². The fraction of sp³-hybridized carbons (Fsp3) is 0.900. The number of rotatable bonds is 12. The minimum Gasteiger partial charge on any atom is -0.311 e. The lowest BCUT2D eigenvalue weighted by Gasteiger charge is -2.20. The molecule has 1 unspecified atom stereocenters. The molecule has 17 heavy (non-hydrogen) atoms. The van der Waals surface area contributed by atoms with E-state index in [4.69, 9.17) is 36.8 Å². The minimum atomic E-state index is -1.33. The number of alkyl halides is 3. The Kier molecular flexibility index (Phi) is 14.9. The molecule has 0 aliphatic rings. The van der Waals surface area contributed by atoms with Gasteiger partial charge in [-0.2, -0.15) is 0 Å². The molecule has 0 spiro atoms. The smallest absolute Gasteiger partial charge is 0.311 e. The number of unbranched alkanes of at least 4 members (excludes halogenated alkanes) is 1. The van der Waals surface area contributed by atoms with Gasteiger partial charge >= 0.3 is 8.60 Å². The van der Waals surface area contributed by atoms with Crippen molar-refractivity contribution in [1.29, 1.82) is 0 Å². The van der Waals surface area contributed by atoms with E-state index in [1.807, 2.05) is 6.92 Å². The molecule has 1 atom stereocenters. The van der Waals surface area contributed by atoms with Gasteiger partial charge in [0.05, 0.1) is 19.3 Å². The molecule has 7 heteroatoms. The van der Waals surface area contributed by atoms with Crippen LogP contribution in [0.4, 0.5) is 0 Å². The second kappa shape index (κ2) is 13.8. The predicted molar refractivity (Wildman–Crippen MR) is 78.1 cm³/mol. The van der Waals surface area contributed by atoms with Crippen LogP contribution in [0.5, 0.6) is 0 Å². The molecule has 0 aliphatic carbocycles. The lowest BCUT2D eigenvalue weighted by Crippen LogP contribution is -2.09. The Morgan fingerprint density at radius 2 is 1.82 bits per heavy atom. The predicted octanol–water partition coefficient (Wildman–Crippen LogP) is 4.51. The van der Waals surface area contributed by atoms with Gasteiger partial charge in [0.25, 0.3) is 0 Å². The fourth-order valence-corrected chi connectivity index (χ4v) is 2.71. The van der Waals surface area contributed by atoms with Gasteiger partial charge in [0.15, 0.2) is 0 Å². The molecule has 0 N–H and O–H groups in total. The lowest BCUT2D eigenvalue weighted by atomic mass is 10.2. The summed E-state index contributed by atoms with van der Waals surface area (Å²) in [4.78, 5) is 0. The van der Waals surface area contributed by atoms with Crippen LogP contribution in [0, 0.1) is 6.42 Å². The van der Waals surface area contributed by atoms with Gasteiger partial charge in [0.1, 0.15) is 0 Å². The zero-order valence-electron chi connectivity index (χ0n) is 9.91. The zero-order valence-corrected chi connectivity index (χ0v) is 13.9. The van der Waals surface area contributed by atoms with Gasteiger partial charge in [0.2, 0.25) is 0 Å². The van der Waals surface area contributed by atoms with Crippen LogP contribution >= 0.6 is 47.7 Å². The summed E-state index contributed by atoms with van der Waals surface area (Å²) in [5.41, 5.74) is 0. The Balaban J connectivity index is 3.76. The monoisotopic (exact) mass is 367 g/mol. The molecule has 0 aliphatic heterocycles. The summed E-state index contributed by atoms with van der Waals surface area (Å²) in [7, 11) is -1.33. The van der Waals surface area contributed by atoms with Crippen LogP contribution in [0.3, 0.4) is 0 Å². The van der Waals surface area contributed by atoms with Gasteiger partial charge in [-0.25, -0.2) is 0 Å². The summed E-state index contributed by atoms with van der Waals surface area (Å²) in [6.07, 6.45) is 4.20. The van der Waals surface area contributed by atoms with Crippen LogP contribution < -0.4 is 0 Å². The van der Waals surface area contributed by atoms with E-state index in [2.05, 4.69) is 22.4 Å². The highest BCUT2D eigenvalue weighted by Crippen LogP contribution is 2.41. The van der Waals surface area contributed by atoms with Crippen LogP contribution in [-0.2, 0) is 13.6 Å². The summed E-state index contributed by atoms with van der Waals surface area (Å²) in [6.45, 7) is 2.86. The second-order valence-corrected chi connectivity index (χ2v) is 5.78. The molecule has 0 saturated carbocycles. The topological polar surface area (TPSA) is 27.7 Å². The number of hydrogen-bond acceptors (Lipinski definition) is 3. The summed E-state index contributed by atoms with van der Waals surface area (Å²) >= 11 is 14.5. The van der Waals surface area contributed by atoms with Gasteiger partial charge in [-0.15, -0.1) is 23.2 Å². The van der Waals surface area contributed by atoms with Gasteiger partial charge < -0.3 is 13.6 Å². The van der Waals surface area contributed by atoms with Crippen LogP contribution in [0.1, 0.15) is 19.8 Å². The Hall–Kier alpha value is 1.37. The summed E-state index contributed by atoms with van der Waals surface area (Å²) < 4.78 is 16.4. The maximum Gasteiger partial charge on any atom is 0.332 e. The van der Waals surface area contributed by atoms with Crippen molar-refractivity contribution in [1.82, 2.24) is 0 Å². The summed E-state index contributed by atoms with van der Waals surface area (Å²) in [5.74, 6) is 0.857. The van der Waals surface area contributed by atoms with Crippen molar-refractivity contribution in [3.05, 3.63) is 6.42 Å². The molecule has 0 rings (SSSR count). The van der Waals surface area contributed by atoms with E-state index in [-0.39, 0.29) is 6.10 Å². The Morgan fingerprint density at radius 1 is 1.24 bits per heavy atom. The molecule has 0 fully saturated rings. The second-order valence-electron chi connectivity index (χ2n) is 3.20. The van der Waals surface area contributed by atoms with Crippen molar-refractivity contribution in [3.8, 4) is 0 Å². The molecule has 0 heterocycles. The highest BCUT2D eigenvalue weighted by Gasteiger charge is 2.16. The fourth-order valence-electron chi connectivity index (χ4n) is 0.946. The largest absolute Gasteiger partial charge is 0.332 e. The van der Waals surface area contributed by atoms with E-state index in [1.54, 1.807) is 0 Å². The van der Waals surface area contributed by atoms with Gasteiger partial charge in [-0.05, 0) is 26.2 Å². The first-order valence-corrected chi connectivity index (χ1v) is 8.75. The average molecular weight is 369 g/mol. The molecule has 1 radical (unpaired) electrons. The SMILES string of the molecule is CC(CC[CH]CBr)OP(OCCCl)OCCCl. The maximum atomic E-state index is 5.67. The Bertz CT molecular complexity index is 160. The summed E-state index contributed by atoms with van der Waals surface area (Å²) in [6, 6.07) is 0. The molecular formula is C10H19BrCl2O3P. The summed E-state index contributed by atoms with van der Waals surface area (Å²) in [5, 5.41) is 0.903. The van der Waals surface area contributed by atoms with Crippen LogP contribution in [-0.4, -0.2) is 36.4 Å². The molecule has 0 saturated heterocycles. The quantitative estimate of drug-likeness (QED) is 0.288. The molecular weight excluding hydrogens is 350 g/mol. The number of hydrogen-bond donors (Lipinski definition) is 0. The molecule has 0 aromatic heterocycles. The third kappa shape index (κ3) is 12.2. The van der Waals surface area contributed by atoms with Crippen molar-refractivity contribution in [2.75, 3.05) is 30.3 Å². The Labute approximate surface area is 124 Å². The first-order valence-electron chi connectivity index (χ1n) is 5.46. The first-order chi connectivity index (χ1) is 8.24. The van der Waals surface area contributed by atoms with Crippen molar-refractivity contribution in [3.63, 3.8) is 0 Å². The van der Waals surface area contributed by atoms with Crippen molar-refractivity contribution in [2.45, 2.75) is 25.9 Å². The maximum absolute atomic E-state index is 5.67. The molecule has 0 aromatic carbocycles. The normalized spacial score (nSPS) is 13.2. The van der Waals surface area contributed by atoms with E-state index in [0.717, 1.165) is 18.2 Å². The highest BCUT2D eigenvalue weighted by molar-refractivity contribution is 9.09. The number of halogens is 3. The molecule has 0 bridgehead atoms. The van der Waals surface area contributed by atoms with Crippen molar-refractivity contribution in [2.24, 2.45) is 0 Å². The molecule has 0 aromatic rings. The van der Waals surface area contributed by atoms with Crippen LogP contribution in [0.2, 0.25) is 0 Å². The minimum absolute atomic E-state index is 0.0991. The first kappa shape index (κ1) is 18.4. The van der Waals surface area contributed by atoms with Crippen molar-refractivity contribution < 1.29 is 13.6 Å². The average Bonchev–Trinajstić information content (AvgIpc) is 2.33. The van der Waals surface area contributed by atoms with Gasteiger partial charge in [0, 0.05) is 17.1 Å². The molecule has 3 nitrogen and oxygen atoms in total. The van der Waals surface area contributed by atoms with E-state index < -0.39 is 8.60 Å². The third-order valence-corrected chi connectivity index (χ3v) is 3.79. The lowest BCUT2D eigenvalue weighted by molar-refractivity contribution is 0.129. The Morgan fingerprint density at radius 3 is 2.29 bits per heavy atom. The highest BCUT2D eigenvalue weighted by atomic mass is 79.9. The van der Waals surface area contributed by atoms with E-state index in [9.17, 15) is 0 Å².